The minimum Gasteiger partial charge on any atom is -1.00 e. The first kappa shape index (κ1) is 15.7. The first-order valence-electron chi connectivity index (χ1n) is 1.73. The number of hydrogen-bond donors (Lipinski definition) is 0. The van der Waals surface area contributed by atoms with Crippen LogP contribution in [0.5, 0.6) is 0 Å². The van der Waals surface area contributed by atoms with Crippen LogP contribution in [0, 0.1) is 5.92 Å². The van der Waals surface area contributed by atoms with Gasteiger partial charge in [0.2, 0.25) is 0 Å². The van der Waals surface area contributed by atoms with Crippen LogP contribution in [0.15, 0.2) is 0 Å². The Hall–Kier alpha value is 1.35. The Bertz CT molecular complexity index is 16.4. The standard InChI is InChI=1S/C4H10.Na.H2S.H/c1-4(2)3;;;/h4H,1-3H3;;1H2;/q;+1;;-1. The average molecular weight is 116 g/mol. The van der Waals surface area contributed by atoms with Crippen molar-refractivity contribution in [2.24, 2.45) is 5.92 Å². The predicted molar refractivity (Wildman–Crippen MR) is 32.0 cm³/mol. The van der Waals surface area contributed by atoms with Crippen LogP contribution in [-0.4, -0.2) is 0 Å². The third-order valence-corrected chi connectivity index (χ3v) is 0. The first-order valence-corrected chi connectivity index (χ1v) is 1.73. The van der Waals surface area contributed by atoms with Gasteiger partial charge in [0.25, 0.3) is 0 Å². The smallest absolute Gasteiger partial charge is 1.00 e. The zero-order valence-corrected chi connectivity index (χ0v) is 8.08. The van der Waals surface area contributed by atoms with Crippen LogP contribution in [-0.2, 0) is 0 Å². The molecule has 0 saturated heterocycles. The number of hydrogen-bond acceptors (Lipinski definition) is 0. The topological polar surface area (TPSA) is 0 Å². The minimum absolute atomic E-state index is 0. The van der Waals surface area contributed by atoms with Crippen molar-refractivity contribution in [1.82, 2.24) is 0 Å². The first-order chi connectivity index (χ1) is 1.73. The summed E-state index contributed by atoms with van der Waals surface area (Å²) in [6.07, 6.45) is 0. The molecular formula is C4H13NaS. The van der Waals surface area contributed by atoms with E-state index in [1.807, 2.05) is 0 Å². The molecule has 0 atom stereocenters. The van der Waals surface area contributed by atoms with E-state index in [1.54, 1.807) is 0 Å². The fourth-order valence-corrected chi connectivity index (χ4v) is 0. The van der Waals surface area contributed by atoms with Crippen LogP contribution in [0.1, 0.15) is 22.2 Å². The van der Waals surface area contributed by atoms with Gasteiger partial charge in [0.15, 0.2) is 0 Å². The predicted octanol–water partition coefficient (Wildman–Crippen LogP) is -1.11. The Kier molecular flexibility index (Phi) is 25.1. The van der Waals surface area contributed by atoms with Gasteiger partial charge in [-0.25, -0.2) is 0 Å². The second kappa shape index (κ2) is 9.61. The van der Waals surface area contributed by atoms with Gasteiger partial charge in [0, 0.05) is 0 Å². The van der Waals surface area contributed by atoms with E-state index in [0.717, 1.165) is 5.92 Å². The van der Waals surface area contributed by atoms with Gasteiger partial charge in [-0.1, -0.05) is 20.8 Å². The molecule has 0 rings (SSSR count). The van der Waals surface area contributed by atoms with Gasteiger partial charge in [-0.2, -0.15) is 13.5 Å². The molecule has 0 saturated carbocycles. The third kappa shape index (κ3) is 55.5. The summed E-state index contributed by atoms with van der Waals surface area (Å²) in [6, 6.07) is 0. The molecule has 0 aromatic carbocycles. The van der Waals surface area contributed by atoms with Crippen LogP contribution in [0.4, 0.5) is 0 Å². The summed E-state index contributed by atoms with van der Waals surface area (Å²) >= 11 is 0. The van der Waals surface area contributed by atoms with E-state index in [9.17, 15) is 0 Å². The van der Waals surface area contributed by atoms with Crippen LogP contribution in [0.3, 0.4) is 0 Å². The molecule has 0 aliphatic heterocycles. The molecule has 0 aliphatic carbocycles. The van der Waals surface area contributed by atoms with Gasteiger partial charge in [-0.15, -0.1) is 0 Å². The molecule has 0 fully saturated rings. The van der Waals surface area contributed by atoms with Crippen LogP contribution < -0.4 is 29.6 Å². The second-order valence-electron chi connectivity index (χ2n) is 1.73. The summed E-state index contributed by atoms with van der Waals surface area (Å²) < 4.78 is 0. The normalized spacial score (nSPS) is 6.00. The van der Waals surface area contributed by atoms with Gasteiger partial charge in [0.05, 0.1) is 0 Å². The van der Waals surface area contributed by atoms with Crippen molar-refractivity contribution < 1.29 is 31.0 Å². The average Bonchev–Trinajstić information content (AvgIpc) is 0.811. The van der Waals surface area contributed by atoms with Gasteiger partial charge >= 0.3 is 29.6 Å². The van der Waals surface area contributed by atoms with E-state index >= 15 is 0 Å². The molecule has 0 amide bonds. The van der Waals surface area contributed by atoms with Crippen molar-refractivity contribution in [3.63, 3.8) is 0 Å². The van der Waals surface area contributed by atoms with E-state index < -0.39 is 0 Å². The summed E-state index contributed by atoms with van der Waals surface area (Å²) in [7, 11) is 0. The van der Waals surface area contributed by atoms with E-state index in [2.05, 4.69) is 20.8 Å². The molecule has 6 heavy (non-hydrogen) atoms. The summed E-state index contributed by atoms with van der Waals surface area (Å²) in [6.45, 7) is 6.50. The third-order valence-electron chi connectivity index (χ3n) is 0. The summed E-state index contributed by atoms with van der Waals surface area (Å²) in [5, 5.41) is 0. The molecule has 2 heteroatoms. The second-order valence-corrected chi connectivity index (χ2v) is 1.73. The fraction of sp³-hybridized carbons (Fsp3) is 1.00. The minimum atomic E-state index is 0. The van der Waals surface area contributed by atoms with Crippen molar-refractivity contribution in [3.05, 3.63) is 0 Å². The fourth-order valence-electron chi connectivity index (χ4n) is 0. The van der Waals surface area contributed by atoms with Crippen LogP contribution >= 0.6 is 13.5 Å². The maximum atomic E-state index is 2.17. The molecular weight excluding hydrogens is 103 g/mol. The molecule has 0 heterocycles. The Labute approximate surface area is 70.9 Å². The Morgan fingerprint density at radius 2 is 1.17 bits per heavy atom. The monoisotopic (exact) mass is 116 g/mol. The van der Waals surface area contributed by atoms with Gasteiger partial charge in [-0.05, 0) is 5.92 Å². The summed E-state index contributed by atoms with van der Waals surface area (Å²) in [5.74, 6) is 0.833. The van der Waals surface area contributed by atoms with Crippen molar-refractivity contribution in [1.29, 1.82) is 0 Å². The van der Waals surface area contributed by atoms with E-state index in [0.29, 0.717) is 0 Å². The molecule has 0 aliphatic rings. The molecule has 0 aromatic heterocycles. The molecule has 36 valence electrons. The van der Waals surface area contributed by atoms with Crippen molar-refractivity contribution in [2.45, 2.75) is 20.8 Å². The quantitative estimate of drug-likeness (QED) is 0.352. The van der Waals surface area contributed by atoms with Gasteiger partial charge in [-0.3, -0.25) is 0 Å². The molecule has 0 bridgehead atoms. The van der Waals surface area contributed by atoms with E-state index in [-0.39, 0.29) is 44.5 Å². The molecule has 0 N–H and O–H groups in total. The molecule has 0 nitrogen and oxygen atoms in total. The zero-order valence-electron chi connectivity index (χ0n) is 6.08. The summed E-state index contributed by atoms with van der Waals surface area (Å²) in [5.41, 5.74) is 0. The SMILES string of the molecule is CC(C)C.S.[H-].[Na+]. The molecule has 0 radical (unpaired) electrons. The zero-order chi connectivity index (χ0) is 3.58. The Morgan fingerprint density at radius 3 is 1.17 bits per heavy atom. The van der Waals surface area contributed by atoms with E-state index in [1.165, 1.54) is 0 Å². The van der Waals surface area contributed by atoms with Crippen LogP contribution in [0.2, 0.25) is 0 Å². The molecule has 0 aromatic rings. The Morgan fingerprint density at radius 1 is 1.17 bits per heavy atom. The van der Waals surface area contributed by atoms with E-state index in [4.69, 9.17) is 0 Å². The largest absolute Gasteiger partial charge is 1.00 e. The van der Waals surface area contributed by atoms with Gasteiger partial charge < -0.3 is 1.43 Å². The Balaban J connectivity index is -0.0000000150. The van der Waals surface area contributed by atoms with Crippen molar-refractivity contribution >= 4 is 13.5 Å². The molecule has 0 spiro atoms. The summed E-state index contributed by atoms with van der Waals surface area (Å²) in [4.78, 5) is 0. The van der Waals surface area contributed by atoms with Crippen molar-refractivity contribution in [2.75, 3.05) is 0 Å². The number of rotatable bonds is 0. The van der Waals surface area contributed by atoms with Gasteiger partial charge in [0.1, 0.15) is 0 Å². The maximum Gasteiger partial charge on any atom is 1.00 e. The maximum absolute atomic E-state index is 2.17. The molecule has 0 unspecified atom stereocenters. The van der Waals surface area contributed by atoms with Crippen molar-refractivity contribution in [3.8, 4) is 0 Å². The van der Waals surface area contributed by atoms with Crippen LogP contribution in [0.25, 0.3) is 0 Å².